The fourth-order valence-electron chi connectivity index (χ4n) is 6.64. The van der Waals surface area contributed by atoms with Gasteiger partial charge in [-0.25, -0.2) is 0 Å². The number of rotatable bonds is 3. The first-order chi connectivity index (χ1) is 21.8. The van der Waals surface area contributed by atoms with Gasteiger partial charge in [0.1, 0.15) is 22.7 Å². The highest BCUT2D eigenvalue weighted by molar-refractivity contribution is 6.28. The molecule has 0 spiro atoms. The van der Waals surface area contributed by atoms with Gasteiger partial charge in [0.25, 0.3) is 0 Å². The first-order valence-electron chi connectivity index (χ1n) is 15.3. The second-order valence-corrected chi connectivity index (χ2v) is 10.9. The summed E-state index contributed by atoms with van der Waals surface area (Å²) in [7, 11) is 0. The van der Waals surface area contributed by atoms with Crippen LogP contribution >= 0.6 is 0 Å². The van der Waals surface area contributed by atoms with Crippen LogP contribution in [0.2, 0.25) is 0 Å². The summed E-state index contributed by atoms with van der Waals surface area (Å²) in [6, 6.07) is 51.2. The van der Waals surface area contributed by atoms with Crippen molar-refractivity contribution in [1.29, 1.82) is 0 Å². The third-order valence-corrected chi connectivity index (χ3v) is 8.44. The van der Waals surface area contributed by atoms with Crippen molar-refractivity contribution in [2.24, 2.45) is 0 Å². The third kappa shape index (κ3) is 4.03. The van der Waals surface area contributed by atoms with E-state index >= 15 is 0 Å². The fourth-order valence-corrected chi connectivity index (χ4v) is 6.64. The first-order valence-corrected chi connectivity index (χ1v) is 15.3. The third-order valence-electron chi connectivity index (χ3n) is 8.44. The average Bonchev–Trinajstić information content (AvgIpc) is 3.72. The molecule has 0 radical (unpaired) electrons. The smallest absolute Gasteiger partial charge is 0.136 e. The van der Waals surface area contributed by atoms with Gasteiger partial charge in [0.05, 0.1) is 0 Å². The molecule has 44 heavy (non-hydrogen) atoms. The van der Waals surface area contributed by atoms with E-state index in [1.807, 2.05) is 38.1 Å². The Kier molecular flexibility index (Phi) is 6.27. The SMILES string of the molecule is CC.c1ccc(-c2c3ccccc3cc3c(-c4cc5ccccc5o4)c4ccccc4c(-c4cc5ccccc5o4)c23)cc1. The molecule has 7 aromatic carbocycles. The Hall–Kier alpha value is -5.60. The van der Waals surface area contributed by atoms with Crippen molar-refractivity contribution in [1.82, 2.24) is 0 Å². The van der Waals surface area contributed by atoms with E-state index in [1.165, 1.54) is 21.9 Å². The molecule has 2 aromatic heterocycles. The maximum absolute atomic E-state index is 6.64. The summed E-state index contributed by atoms with van der Waals surface area (Å²) in [5.41, 5.74) is 6.33. The summed E-state index contributed by atoms with van der Waals surface area (Å²) in [6.07, 6.45) is 0. The first kappa shape index (κ1) is 26.1. The molecule has 2 nitrogen and oxygen atoms in total. The van der Waals surface area contributed by atoms with E-state index in [0.29, 0.717) is 0 Å². The summed E-state index contributed by atoms with van der Waals surface area (Å²) in [5, 5.41) is 9.14. The van der Waals surface area contributed by atoms with Crippen LogP contribution in [0.1, 0.15) is 13.8 Å². The van der Waals surface area contributed by atoms with Gasteiger partial charge in [-0.2, -0.15) is 0 Å². The highest BCUT2D eigenvalue weighted by Gasteiger charge is 2.24. The Morgan fingerprint density at radius 2 is 0.841 bits per heavy atom. The number of furan rings is 2. The molecule has 0 aliphatic rings. The lowest BCUT2D eigenvalue weighted by atomic mass is 9.83. The minimum atomic E-state index is 0.862. The summed E-state index contributed by atoms with van der Waals surface area (Å²) in [4.78, 5) is 0. The molecule has 9 rings (SSSR count). The fraction of sp³-hybridized carbons (Fsp3) is 0.0476. The van der Waals surface area contributed by atoms with Crippen LogP contribution in [-0.4, -0.2) is 0 Å². The van der Waals surface area contributed by atoms with Gasteiger partial charge >= 0.3 is 0 Å². The Labute approximate surface area is 255 Å². The molecule has 0 unspecified atom stereocenters. The molecule has 0 saturated heterocycles. The van der Waals surface area contributed by atoms with Gasteiger partial charge in [-0.05, 0) is 68.4 Å². The molecule has 0 atom stereocenters. The van der Waals surface area contributed by atoms with Crippen molar-refractivity contribution in [3.63, 3.8) is 0 Å². The molecule has 0 fully saturated rings. The highest BCUT2D eigenvalue weighted by Crippen LogP contribution is 2.50. The molecule has 210 valence electrons. The Morgan fingerprint density at radius 3 is 1.45 bits per heavy atom. The van der Waals surface area contributed by atoms with Gasteiger partial charge < -0.3 is 8.83 Å². The van der Waals surface area contributed by atoms with Crippen LogP contribution in [0.5, 0.6) is 0 Å². The number of fused-ring (bicyclic) bond motifs is 5. The second-order valence-electron chi connectivity index (χ2n) is 10.9. The predicted octanol–water partition coefficient (Wildman–Crippen LogP) is 12.7. The lowest BCUT2D eigenvalue weighted by Gasteiger charge is -2.20. The van der Waals surface area contributed by atoms with Crippen LogP contribution < -0.4 is 0 Å². The summed E-state index contributed by atoms with van der Waals surface area (Å²) in [6.45, 7) is 4.00. The monoisotopic (exact) mass is 566 g/mol. The Morgan fingerprint density at radius 1 is 0.364 bits per heavy atom. The minimum absolute atomic E-state index is 0.862. The zero-order chi connectivity index (χ0) is 29.6. The average molecular weight is 567 g/mol. The van der Waals surface area contributed by atoms with E-state index in [0.717, 1.165) is 66.1 Å². The zero-order valence-corrected chi connectivity index (χ0v) is 24.7. The lowest BCUT2D eigenvalue weighted by molar-refractivity contribution is 0.631. The lowest BCUT2D eigenvalue weighted by Crippen LogP contribution is -1.93. The maximum Gasteiger partial charge on any atom is 0.136 e. The van der Waals surface area contributed by atoms with E-state index in [9.17, 15) is 0 Å². The molecule has 0 saturated carbocycles. The van der Waals surface area contributed by atoms with Crippen molar-refractivity contribution in [3.8, 4) is 33.8 Å². The van der Waals surface area contributed by atoms with Gasteiger partial charge in [0.2, 0.25) is 0 Å². The van der Waals surface area contributed by atoms with Crippen LogP contribution in [0.15, 0.2) is 154 Å². The zero-order valence-electron chi connectivity index (χ0n) is 24.7. The molecule has 2 heterocycles. The van der Waals surface area contributed by atoms with Crippen molar-refractivity contribution in [2.75, 3.05) is 0 Å². The van der Waals surface area contributed by atoms with Gasteiger partial charge in [0, 0.05) is 27.3 Å². The largest absolute Gasteiger partial charge is 0.456 e. The van der Waals surface area contributed by atoms with Gasteiger partial charge in [-0.3, -0.25) is 0 Å². The molecular formula is C42H30O2. The van der Waals surface area contributed by atoms with Crippen molar-refractivity contribution in [2.45, 2.75) is 13.8 Å². The van der Waals surface area contributed by atoms with Gasteiger partial charge in [-0.1, -0.05) is 129 Å². The number of para-hydroxylation sites is 2. The molecular weight excluding hydrogens is 536 g/mol. The Bertz CT molecular complexity index is 2390. The molecule has 0 aliphatic carbocycles. The standard InChI is InChI=1S/C40H24O2.C2H6/c1-2-12-25(13-3-1)37-29-17-7-4-14-26(29)22-32-38(35-23-27-15-5-10-20-33(27)41-35)30-18-8-9-19-31(30)39(40(32)37)36-24-28-16-6-11-21-34(28)42-36;1-2/h1-24H;1-2H3. The van der Waals surface area contributed by atoms with Gasteiger partial charge in [-0.15, -0.1) is 0 Å². The van der Waals surface area contributed by atoms with Crippen LogP contribution in [0, 0.1) is 0 Å². The van der Waals surface area contributed by atoms with Crippen LogP contribution in [0.25, 0.3) is 88.0 Å². The predicted molar refractivity (Wildman–Crippen MR) is 186 cm³/mol. The summed E-state index contributed by atoms with van der Waals surface area (Å²) >= 11 is 0. The van der Waals surface area contributed by atoms with E-state index in [-0.39, 0.29) is 0 Å². The van der Waals surface area contributed by atoms with E-state index in [1.54, 1.807) is 0 Å². The van der Waals surface area contributed by atoms with E-state index in [2.05, 4.69) is 121 Å². The quantitative estimate of drug-likeness (QED) is 0.199. The van der Waals surface area contributed by atoms with Gasteiger partial charge in [0.15, 0.2) is 0 Å². The summed E-state index contributed by atoms with van der Waals surface area (Å²) < 4.78 is 13.2. The van der Waals surface area contributed by atoms with Crippen molar-refractivity contribution >= 4 is 54.3 Å². The normalized spacial score (nSPS) is 11.4. The molecule has 9 aromatic rings. The Balaban J connectivity index is 0.00000142. The number of hydrogen-bond donors (Lipinski definition) is 0. The highest BCUT2D eigenvalue weighted by atomic mass is 16.3. The maximum atomic E-state index is 6.64. The molecule has 2 heteroatoms. The minimum Gasteiger partial charge on any atom is -0.456 e. The summed E-state index contributed by atoms with van der Waals surface area (Å²) in [5.74, 6) is 1.73. The van der Waals surface area contributed by atoms with Crippen LogP contribution in [0.4, 0.5) is 0 Å². The van der Waals surface area contributed by atoms with Crippen molar-refractivity contribution in [3.05, 3.63) is 146 Å². The number of hydrogen-bond acceptors (Lipinski definition) is 2. The molecule has 0 amide bonds. The molecule has 0 bridgehead atoms. The van der Waals surface area contributed by atoms with E-state index in [4.69, 9.17) is 8.83 Å². The second kappa shape index (κ2) is 10.6. The van der Waals surface area contributed by atoms with Crippen LogP contribution in [-0.2, 0) is 0 Å². The van der Waals surface area contributed by atoms with E-state index < -0.39 is 0 Å². The topological polar surface area (TPSA) is 26.3 Å². The molecule has 0 aliphatic heterocycles. The van der Waals surface area contributed by atoms with Crippen molar-refractivity contribution < 1.29 is 8.83 Å². The molecule has 0 N–H and O–H groups in total. The number of benzene rings is 7. The van der Waals surface area contributed by atoms with Crippen LogP contribution in [0.3, 0.4) is 0 Å².